The quantitative estimate of drug-likeness (QED) is 0.678. The van der Waals surface area contributed by atoms with Crippen LogP contribution in [0.1, 0.15) is 55.2 Å². The van der Waals surface area contributed by atoms with E-state index in [4.69, 9.17) is 0 Å². The van der Waals surface area contributed by atoms with Crippen molar-refractivity contribution >= 4 is 14.7 Å². The van der Waals surface area contributed by atoms with E-state index < -0.39 is 11.6 Å². The lowest BCUT2D eigenvalue weighted by molar-refractivity contribution is 0.348. The van der Waals surface area contributed by atoms with E-state index >= 15 is 0 Å². The van der Waals surface area contributed by atoms with Crippen molar-refractivity contribution in [3.63, 3.8) is 0 Å². The third-order valence-corrected chi connectivity index (χ3v) is 6.58. The summed E-state index contributed by atoms with van der Waals surface area (Å²) < 4.78 is 27.6. The van der Waals surface area contributed by atoms with Gasteiger partial charge in [0.1, 0.15) is 0 Å². The van der Waals surface area contributed by atoms with Crippen LogP contribution < -0.4 is 5.19 Å². The monoisotopic (exact) mass is 342 g/mol. The van der Waals surface area contributed by atoms with E-state index in [0.29, 0.717) is 16.7 Å². The number of halogens is 2. The lowest BCUT2D eigenvalue weighted by Gasteiger charge is -2.26. The molecule has 0 amide bonds. The molecule has 24 heavy (non-hydrogen) atoms. The first-order chi connectivity index (χ1) is 11.5. The molecule has 0 saturated heterocycles. The number of rotatable bonds is 4. The second-order valence-electron chi connectivity index (χ2n) is 7.11. The van der Waals surface area contributed by atoms with Gasteiger partial charge in [0.15, 0.2) is 11.6 Å². The number of hydrogen-bond acceptors (Lipinski definition) is 0. The van der Waals surface area contributed by atoms with Gasteiger partial charge in [-0.25, -0.2) is 8.78 Å². The van der Waals surface area contributed by atoms with Crippen LogP contribution in [-0.2, 0) is 6.04 Å². The number of hydrogen-bond donors (Lipinski definition) is 0. The normalized spacial score (nSPS) is 21.0. The summed E-state index contributed by atoms with van der Waals surface area (Å²) in [6.45, 7) is 3.93. The molecule has 3 rings (SSSR count). The molecule has 1 aliphatic carbocycles. The summed E-state index contributed by atoms with van der Waals surface area (Å²) in [5, 5.41) is 0.489. The fourth-order valence-corrected chi connectivity index (χ4v) is 4.58. The van der Waals surface area contributed by atoms with Crippen LogP contribution in [-0.4, -0.2) is 9.52 Å². The lowest BCUT2D eigenvalue weighted by Crippen LogP contribution is -2.22. The van der Waals surface area contributed by atoms with Gasteiger partial charge in [-0.2, -0.15) is 0 Å². The molecule has 0 atom stereocenters. The Balaban J connectivity index is 1.61. The number of benzene rings is 2. The third-order valence-electron chi connectivity index (χ3n) is 5.23. The van der Waals surface area contributed by atoms with E-state index in [9.17, 15) is 8.78 Å². The molecule has 1 aliphatic rings. The molecule has 0 nitrogen and oxygen atoms in total. The zero-order valence-electron chi connectivity index (χ0n) is 14.4. The van der Waals surface area contributed by atoms with E-state index in [2.05, 4.69) is 31.2 Å². The lowest BCUT2D eigenvalue weighted by atomic mass is 9.79. The van der Waals surface area contributed by atoms with Crippen molar-refractivity contribution in [3.05, 3.63) is 64.7 Å². The molecule has 0 aromatic heterocycles. The van der Waals surface area contributed by atoms with E-state index in [-0.39, 0.29) is 9.52 Å². The van der Waals surface area contributed by atoms with Crippen molar-refractivity contribution in [3.8, 4) is 0 Å². The molecule has 1 saturated carbocycles. The van der Waals surface area contributed by atoms with Gasteiger partial charge in [0.2, 0.25) is 0 Å². The van der Waals surface area contributed by atoms with Crippen molar-refractivity contribution in [2.24, 2.45) is 5.92 Å². The second kappa shape index (κ2) is 7.60. The fourth-order valence-electron chi connectivity index (χ4n) is 3.48. The van der Waals surface area contributed by atoms with Crippen LogP contribution in [0.5, 0.6) is 0 Å². The first-order valence-electron chi connectivity index (χ1n) is 8.82. The van der Waals surface area contributed by atoms with Crippen molar-refractivity contribution in [2.75, 3.05) is 0 Å². The highest BCUT2D eigenvalue weighted by Crippen LogP contribution is 2.35. The van der Waals surface area contributed by atoms with Crippen LogP contribution in [0.4, 0.5) is 8.78 Å². The van der Waals surface area contributed by atoms with Crippen LogP contribution in [0.2, 0.25) is 0 Å². The maximum absolute atomic E-state index is 13.9. The summed E-state index contributed by atoms with van der Waals surface area (Å²) in [7, 11) is 0.258. The van der Waals surface area contributed by atoms with Crippen LogP contribution in [0.3, 0.4) is 0 Å². The van der Waals surface area contributed by atoms with Crippen molar-refractivity contribution in [1.29, 1.82) is 0 Å². The van der Waals surface area contributed by atoms with Gasteiger partial charge in [0.05, 0.1) is 9.52 Å². The van der Waals surface area contributed by atoms with Gasteiger partial charge >= 0.3 is 0 Å². The Kier molecular flexibility index (Phi) is 5.49. The summed E-state index contributed by atoms with van der Waals surface area (Å²) in [4.78, 5) is 0. The minimum absolute atomic E-state index is 0.258. The zero-order chi connectivity index (χ0) is 17.1. The average molecular weight is 343 g/mol. The molecule has 126 valence electrons. The fraction of sp³-hybridized carbons (Fsp3) is 0.429. The second-order valence-corrected chi connectivity index (χ2v) is 8.36. The smallest absolute Gasteiger partial charge is 0.161 e. The standard InChI is InChI=1S/C21H24F2Si/c1-14-3-8-17(9-4-14)18-10-6-16(7-11-18)13-24-19-12-5-15(2)20(22)21(19)23/h5-7,10-12,14,17H,3-4,8-9,13H2,1-2H3. The topological polar surface area (TPSA) is 0 Å². The van der Waals surface area contributed by atoms with E-state index in [0.717, 1.165) is 12.0 Å². The maximum Gasteiger partial charge on any atom is 0.161 e. The molecule has 0 unspecified atom stereocenters. The molecule has 0 spiro atoms. The predicted molar refractivity (Wildman–Crippen MR) is 97.0 cm³/mol. The highest BCUT2D eigenvalue weighted by Gasteiger charge is 2.19. The molecule has 0 heterocycles. The Hall–Kier alpha value is -1.48. The first-order valence-corrected chi connectivity index (χ1v) is 10.0. The van der Waals surface area contributed by atoms with Crippen molar-refractivity contribution in [2.45, 2.75) is 51.5 Å². The molecule has 2 aromatic rings. The molecule has 2 radical (unpaired) electrons. The van der Waals surface area contributed by atoms with Gasteiger partial charge < -0.3 is 0 Å². The zero-order valence-corrected chi connectivity index (χ0v) is 15.4. The molecule has 2 aromatic carbocycles. The summed E-state index contributed by atoms with van der Waals surface area (Å²) in [6.07, 6.45) is 5.23. The van der Waals surface area contributed by atoms with Gasteiger partial charge in [-0.3, -0.25) is 0 Å². The molecule has 0 aliphatic heterocycles. The summed E-state index contributed by atoms with van der Waals surface area (Å²) >= 11 is 0. The Morgan fingerprint density at radius 2 is 1.58 bits per heavy atom. The molecular formula is C21H24F2Si. The van der Waals surface area contributed by atoms with Crippen LogP contribution >= 0.6 is 0 Å². The minimum atomic E-state index is -0.707. The first kappa shape index (κ1) is 17.3. The van der Waals surface area contributed by atoms with Crippen LogP contribution in [0, 0.1) is 24.5 Å². The van der Waals surface area contributed by atoms with Crippen molar-refractivity contribution in [1.82, 2.24) is 0 Å². The Morgan fingerprint density at radius 1 is 0.917 bits per heavy atom. The van der Waals surface area contributed by atoms with E-state index in [1.165, 1.54) is 36.8 Å². The largest absolute Gasteiger partial charge is 0.204 e. The maximum atomic E-state index is 13.9. The molecule has 0 N–H and O–H groups in total. The van der Waals surface area contributed by atoms with Gasteiger partial charge in [-0.1, -0.05) is 61.7 Å². The molecular weight excluding hydrogens is 318 g/mol. The molecule has 3 heteroatoms. The summed E-state index contributed by atoms with van der Waals surface area (Å²) in [5.74, 6) is 0.177. The molecule has 0 bridgehead atoms. The van der Waals surface area contributed by atoms with Gasteiger partial charge in [0.25, 0.3) is 0 Å². The summed E-state index contributed by atoms with van der Waals surface area (Å²) in [6, 6.07) is 12.9. The van der Waals surface area contributed by atoms with Crippen LogP contribution in [0.15, 0.2) is 36.4 Å². The van der Waals surface area contributed by atoms with E-state index in [1.54, 1.807) is 19.1 Å². The van der Waals surface area contributed by atoms with Crippen molar-refractivity contribution < 1.29 is 8.78 Å². The van der Waals surface area contributed by atoms with Crippen LogP contribution in [0.25, 0.3) is 0 Å². The Morgan fingerprint density at radius 3 is 2.25 bits per heavy atom. The van der Waals surface area contributed by atoms with Gasteiger partial charge in [0, 0.05) is 0 Å². The van der Waals surface area contributed by atoms with Gasteiger partial charge in [-0.15, -0.1) is 0 Å². The highest BCUT2D eigenvalue weighted by molar-refractivity contribution is 6.53. The van der Waals surface area contributed by atoms with Gasteiger partial charge in [-0.05, 0) is 54.0 Å². The van der Waals surface area contributed by atoms with E-state index in [1.807, 2.05) is 0 Å². The average Bonchev–Trinajstić information content (AvgIpc) is 2.60. The predicted octanol–water partition coefficient (Wildman–Crippen LogP) is 5.10. The number of aryl methyl sites for hydroxylation is 1. The molecule has 1 fully saturated rings. The highest BCUT2D eigenvalue weighted by atomic mass is 28.2. The minimum Gasteiger partial charge on any atom is -0.204 e. The Labute approximate surface area is 146 Å². The summed E-state index contributed by atoms with van der Waals surface area (Å²) in [5.41, 5.74) is 3.00. The Bertz CT molecular complexity index is 686. The third kappa shape index (κ3) is 3.94. The SMILES string of the molecule is Cc1ccc([Si]Cc2ccc(C3CCC(C)CC3)cc2)c(F)c1F.